The number of hydrogen-bond donors (Lipinski definition) is 1. The van der Waals surface area contributed by atoms with Crippen LogP contribution in [0.5, 0.6) is 11.5 Å². The second-order valence-electron chi connectivity index (χ2n) is 7.09. The van der Waals surface area contributed by atoms with E-state index in [4.69, 9.17) is 9.47 Å². The monoisotopic (exact) mass is 393 g/mol. The number of H-pyrrole nitrogens is 1. The fourth-order valence-electron chi connectivity index (χ4n) is 3.71. The number of para-hydroxylation sites is 2. The van der Waals surface area contributed by atoms with Crippen LogP contribution < -0.4 is 9.47 Å². The van der Waals surface area contributed by atoms with E-state index in [-0.39, 0.29) is 24.3 Å². The first-order valence-corrected chi connectivity index (χ1v) is 9.62. The second kappa shape index (κ2) is 7.95. The summed E-state index contributed by atoms with van der Waals surface area (Å²) in [7, 11) is 1.51. The number of ether oxygens (including phenoxy) is 2. The molecule has 0 radical (unpaired) electrons. The zero-order chi connectivity index (χ0) is 20.4. The number of aromatic nitrogens is 2. The third-order valence-corrected chi connectivity index (χ3v) is 5.22. The first-order valence-electron chi connectivity index (χ1n) is 9.62. The lowest BCUT2D eigenvalue weighted by atomic mass is 10.1. The highest BCUT2D eigenvalue weighted by atomic mass is 16.5. The number of carbonyl (C=O) groups excluding carboxylic acids is 2. The zero-order valence-electron chi connectivity index (χ0n) is 16.5. The van der Waals surface area contributed by atoms with Gasteiger partial charge in [0.05, 0.1) is 24.2 Å². The van der Waals surface area contributed by atoms with Crippen LogP contribution in [0, 0.1) is 0 Å². The molecule has 7 nitrogen and oxygen atoms in total. The van der Waals surface area contributed by atoms with Gasteiger partial charge in [0.2, 0.25) is 0 Å². The minimum Gasteiger partial charge on any atom is -0.493 e. The summed E-state index contributed by atoms with van der Waals surface area (Å²) in [6.45, 7) is 2.06. The molecule has 0 bridgehead atoms. The van der Waals surface area contributed by atoms with Crippen molar-refractivity contribution in [3.05, 3.63) is 53.9 Å². The van der Waals surface area contributed by atoms with Crippen LogP contribution in [-0.2, 0) is 4.79 Å². The number of hydrogen-bond acceptors (Lipinski definition) is 5. The van der Waals surface area contributed by atoms with Crippen molar-refractivity contribution in [2.24, 2.45) is 0 Å². The van der Waals surface area contributed by atoms with Crippen molar-refractivity contribution in [3.63, 3.8) is 0 Å². The molecule has 1 aromatic heterocycles. The number of rotatable bonds is 6. The third kappa shape index (κ3) is 3.81. The Labute approximate surface area is 168 Å². The van der Waals surface area contributed by atoms with E-state index in [1.807, 2.05) is 29.2 Å². The van der Waals surface area contributed by atoms with E-state index < -0.39 is 0 Å². The molecule has 0 saturated carbocycles. The van der Waals surface area contributed by atoms with Crippen LogP contribution in [0.4, 0.5) is 0 Å². The highest BCUT2D eigenvalue weighted by Crippen LogP contribution is 2.32. The molecule has 0 spiro atoms. The van der Waals surface area contributed by atoms with E-state index in [9.17, 15) is 9.59 Å². The molecular formula is C22H23N3O4. The fourth-order valence-corrected chi connectivity index (χ4v) is 3.71. The predicted molar refractivity (Wildman–Crippen MR) is 108 cm³/mol. The van der Waals surface area contributed by atoms with Crippen LogP contribution in [0.15, 0.2) is 42.5 Å². The molecule has 7 heteroatoms. The molecule has 1 aliphatic heterocycles. The Balaban J connectivity index is 1.47. The minimum absolute atomic E-state index is 0.0586. The number of likely N-dealkylation sites (tertiary alicyclic amines) is 1. The van der Waals surface area contributed by atoms with E-state index in [1.54, 1.807) is 18.2 Å². The number of nitrogens with one attached hydrogen (secondary N) is 1. The smallest absolute Gasteiger partial charge is 0.261 e. The summed E-state index contributed by atoms with van der Waals surface area (Å²) >= 11 is 0. The van der Waals surface area contributed by atoms with Crippen LogP contribution in [0.2, 0.25) is 0 Å². The zero-order valence-corrected chi connectivity index (χ0v) is 16.5. The van der Waals surface area contributed by atoms with Crippen molar-refractivity contribution in [1.82, 2.24) is 14.9 Å². The summed E-state index contributed by atoms with van der Waals surface area (Å²) in [4.78, 5) is 34.2. The number of amides is 1. The summed E-state index contributed by atoms with van der Waals surface area (Å²) in [5, 5.41) is 0. The quantitative estimate of drug-likeness (QED) is 0.648. The van der Waals surface area contributed by atoms with Gasteiger partial charge in [-0.1, -0.05) is 12.1 Å². The molecule has 2 aromatic carbocycles. The molecule has 4 rings (SSSR count). The van der Waals surface area contributed by atoms with E-state index in [1.165, 1.54) is 14.0 Å². The first-order chi connectivity index (χ1) is 14.1. The van der Waals surface area contributed by atoms with Crippen molar-refractivity contribution >= 4 is 22.7 Å². The van der Waals surface area contributed by atoms with Gasteiger partial charge in [-0.05, 0) is 50.1 Å². The van der Waals surface area contributed by atoms with Crippen LogP contribution >= 0.6 is 0 Å². The van der Waals surface area contributed by atoms with Crippen molar-refractivity contribution in [1.29, 1.82) is 0 Å². The maximum absolute atomic E-state index is 12.9. The average Bonchev–Trinajstić information content (AvgIpc) is 3.38. The summed E-state index contributed by atoms with van der Waals surface area (Å²) in [5.41, 5.74) is 2.40. The van der Waals surface area contributed by atoms with Crippen LogP contribution in [0.25, 0.3) is 11.0 Å². The van der Waals surface area contributed by atoms with Crippen LogP contribution in [-0.4, -0.2) is 46.8 Å². The Morgan fingerprint density at radius 2 is 2.03 bits per heavy atom. The molecule has 0 unspecified atom stereocenters. The van der Waals surface area contributed by atoms with Gasteiger partial charge in [-0.25, -0.2) is 4.98 Å². The average molecular weight is 393 g/mol. The van der Waals surface area contributed by atoms with Crippen molar-refractivity contribution in [3.8, 4) is 11.5 Å². The highest BCUT2D eigenvalue weighted by Gasteiger charge is 2.32. The summed E-state index contributed by atoms with van der Waals surface area (Å²) in [6.07, 6.45) is 1.78. The van der Waals surface area contributed by atoms with Crippen molar-refractivity contribution in [2.45, 2.75) is 25.8 Å². The number of carbonyl (C=O) groups is 2. The lowest BCUT2D eigenvalue weighted by molar-refractivity contribution is -0.134. The molecule has 1 N–H and O–H groups in total. The van der Waals surface area contributed by atoms with Gasteiger partial charge < -0.3 is 19.4 Å². The SMILES string of the molecule is COc1cc(C(C)=O)ccc1OCC(=O)N1CCC[C@H]1c1nc2ccccc2[nH]1. The molecule has 150 valence electrons. The van der Waals surface area contributed by atoms with Crippen LogP contribution in [0.3, 0.4) is 0 Å². The Bertz CT molecular complexity index is 1030. The van der Waals surface area contributed by atoms with Gasteiger partial charge in [0, 0.05) is 12.1 Å². The third-order valence-electron chi connectivity index (χ3n) is 5.22. The summed E-state index contributed by atoms with van der Waals surface area (Å²) < 4.78 is 11.0. The molecule has 29 heavy (non-hydrogen) atoms. The fraction of sp³-hybridized carbons (Fsp3) is 0.318. The van der Waals surface area contributed by atoms with Gasteiger partial charge in [-0.2, -0.15) is 0 Å². The number of Topliss-reactive ketones (excluding diaryl/α,β-unsaturated/α-hetero) is 1. The van der Waals surface area contributed by atoms with E-state index in [0.29, 0.717) is 23.6 Å². The number of imidazole rings is 1. The number of fused-ring (bicyclic) bond motifs is 1. The van der Waals surface area contributed by atoms with Crippen molar-refractivity contribution in [2.75, 3.05) is 20.3 Å². The lowest BCUT2D eigenvalue weighted by Gasteiger charge is -2.23. The molecule has 1 fully saturated rings. The molecule has 3 aromatic rings. The van der Waals surface area contributed by atoms with Crippen LogP contribution in [0.1, 0.15) is 42.0 Å². The predicted octanol–water partition coefficient (Wildman–Crippen LogP) is 3.52. The number of nitrogens with zero attached hydrogens (tertiary/aromatic N) is 2. The molecular weight excluding hydrogens is 370 g/mol. The first kappa shape index (κ1) is 19.0. The maximum Gasteiger partial charge on any atom is 0.261 e. The Morgan fingerprint density at radius 1 is 1.21 bits per heavy atom. The Kier molecular flexibility index (Phi) is 5.20. The highest BCUT2D eigenvalue weighted by molar-refractivity contribution is 5.94. The number of benzene rings is 2. The van der Waals surface area contributed by atoms with Gasteiger partial charge in [-0.15, -0.1) is 0 Å². The molecule has 2 heterocycles. The maximum atomic E-state index is 12.9. The van der Waals surface area contributed by atoms with Gasteiger partial charge in [0.15, 0.2) is 23.9 Å². The second-order valence-corrected chi connectivity index (χ2v) is 7.09. The number of aromatic amines is 1. The topological polar surface area (TPSA) is 84.5 Å². The summed E-state index contributed by atoms with van der Waals surface area (Å²) in [5.74, 6) is 1.51. The van der Waals surface area contributed by atoms with Crippen molar-refractivity contribution < 1.29 is 19.1 Å². The molecule has 1 atom stereocenters. The van der Waals surface area contributed by atoms with E-state index >= 15 is 0 Å². The summed E-state index contributed by atoms with van der Waals surface area (Å²) in [6, 6.07) is 12.7. The minimum atomic E-state index is -0.106. The van der Waals surface area contributed by atoms with E-state index in [2.05, 4.69) is 9.97 Å². The van der Waals surface area contributed by atoms with E-state index in [0.717, 1.165) is 29.7 Å². The Hall–Kier alpha value is -3.35. The number of ketones is 1. The van der Waals surface area contributed by atoms with Gasteiger partial charge in [-0.3, -0.25) is 9.59 Å². The largest absolute Gasteiger partial charge is 0.493 e. The number of methoxy groups -OCH3 is 1. The lowest BCUT2D eigenvalue weighted by Crippen LogP contribution is -2.34. The van der Waals surface area contributed by atoms with Gasteiger partial charge >= 0.3 is 0 Å². The Morgan fingerprint density at radius 3 is 2.79 bits per heavy atom. The molecule has 1 saturated heterocycles. The van der Waals surface area contributed by atoms with Gasteiger partial charge in [0.1, 0.15) is 5.82 Å². The normalized spacial score (nSPS) is 16.2. The molecule has 1 aliphatic rings. The standard InChI is InChI=1S/C22H23N3O4/c1-14(26)15-9-10-19(20(12-15)28-2)29-13-21(27)25-11-5-8-18(25)22-23-16-6-3-4-7-17(16)24-22/h3-4,6-7,9-10,12,18H,5,8,11,13H2,1-2H3,(H,23,24)/t18-/m0/s1. The van der Waals surface area contributed by atoms with Gasteiger partial charge in [0.25, 0.3) is 5.91 Å². The molecule has 1 amide bonds. The molecule has 0 aliphatic carbocycles.